The van der Waals surface area contributed by atoms with E-state index >= 15 is 0 Å². The van der Waals surface area contributed by atoms with E-state index in [-0.39, 0.29) is 23.3 Å². The number of fused-ring (bicyclic) bond motifs is 2. The Morgan fingerprint density at radius 2 is 2.08 bits per heavy atom. The minimum atomic E-state index is -0.233. The van der Waals surface area contributed by atoms with Gasteiger partial charge in [0.2, 0.25) is 11.8 Å². The van der Waals surface area contributed by atoms with Crippen LogP contribution < -0.4 is 0 Å². The predicted molar refractivity (Wildman–Crippen MR) is 95.3 cm³/mol. The molecule has 0 saturated carbocycles. The highest BCUT2D eigenvalue weighted by molar-refractivity contribution is 5.89. The summed E-state index contributed by atoms with van der Waals surface area (Å²) in [5, 5.41) is 0. The van der Waals surface area contributed by atoms with Gasteiger partial charge in [-0.05, 0) is 24.0 Å². The van der Waals surface area contributed by atoms with E-state index in [4.69, 9.17) is 9.47 Å². The number of carbonyl (C=O) groups is 2. The first-order valence-corrected chi connectivity index (χ1v) is 9.41. The van der Waals surface area contributed by atoms with E-state index < -0.39 is 0 Å². The number of likely N-dealkylation sites (tertiary alicyclic amines) is 2. The smallest absolute Gasteiger partial charge is 0.227 e. The molecule has 0 radical (unpaired) electrons. The van der Waals surface area contributed by atoms with E-state index in [1.807, 2.05) is 11.0 Å². The molecule has 1 aromatic rings. The molecule has 26 heavy (non-hydrogen) atoms. The van der Waals surface area contributed by atoms with Gasteiger partial charge < -0.3 is 19.3 Å². The van der Waals surface area contributed by atoms with Crippen molar-refractivity contribution in [3.8, 4) is 0 Å². The molecule has 3 heterocycles. The van der Waals surface area contributed by atoms with Gasteiger partial charge in [-0.15, -0.1) is 0 Å². The Hall–Kier alpha value is -1.92. The average Bonchev–Trinajstić information content (AvgIpc) is 3.22. The molecule has 2 saturated heterocycles. The molecule has 2 fully saturated rings. The number of benzene rings is 1. The van der Waals surface area contributed by atoms with Crippen LogP contribution in [0, 0.1) is 5.92 Å². The number of carbonyl (C=O) groups excluding carboxylic acids is 2. The summed E-state index contributed by atoms with van der Waals surface area (Å²) in [5.74, 6) is -0.0495. The molecule has 6 nitrogen and oxygen atoms in total. The van der Waals surface area contributed by atoms with Crippen molar-refractivity contribution in [2.45, 2.75) is 31.5 Å². The van der Waals surface area contributed by atoms with Crippen LogP contribution in [0.5, 0.6) is 0 Å². The highest BCUT2D eigenvalue weighted by atomic mass is 16.5. The number of hydrogen-bond acceptors (Lipinski definition) is 4. The van der Waals surface area contributed by atoms with Crippen LogP contribution in [-0.2, 0) is 31.3 Å². The van der Waals surface area contributed by atoms with Crippen molar-refractivity contribution >= 4 is 11.8 Å². The molecular formula is C20H26N2O4. The number of hydrogen-bond donors (Lipinski definition) is 0. The molecule has 140 valence electrons. The molecule has 0 bridgehead atoms. The van der Waals surface area contributed by atoms with Gasteiger partial charge in [-0.25, -0.2) is 0 Å². The Kier molecular flexibility index (Phi) is 4.71. The van der Waals surface area contributed by atoms with E-state index in [9.17, 15) is 9.59 Å². The Labute approximate surface area is 154 Å². The number of rotatable bonds is 4. The first-order valence-electron chi connectivity index (χ1n) is 9.41. The molecule has 4 rings (SSSR count). The predicted octanol–water partition coefficient (Wildman–Crippen LogP) is 1.53. The summed E-state index contributed by atoms with van der Waals surface area (Å²) in [7, 11) is 1.62. The maximum Gasteiger partial charge on any atom is 0.227 e. The third-order valence-electron chi connectivity index (χ3n) is 6.02. The van der Waals surface area contributed by atoms with Crippen LogP contribution in [0.2, 0.25) is 0 Å². The summed E-state index contributed by atoms with van der Waals surface area (Å²) in [6, 6.07) is 8.39. The highest BCUT2D eigenvalue weighted by Crippen LogP contribution is 2.44. The van der Waals surface area contributed by atoms with Crippen LogP contribution in [-0.4, -0.2) is 61.5 Å². The SMILES string of the molecule is COCCN1CC(C(=O)N2CCC3(CC2)OCc2ccccc23)CC1=O. The Morgan fingerprint density at radius 1 is 1.31 bits per heavy atom. The van der Waals surface area contributed by atoms with Gasteiger partial charge in [-0.2, -0.15) is 0 Å². The topological polar surface area (TPSA) is 59.1 Å². The molecule has 1 aromatic carbocycles. The van der Waals surface area contributed by atoms with E-state index in [1.165, 1.54) is 11.1 Å². The largest absolute Gasteiger partial charge is 0.383 e. The molecule has 1 spiro atoms. The Balaban J connectivity index is 1.37. The van der Waals surface area contributed by atoms with Crippen molar-refractivity contribution in [2.75, 3.05) is 39.9 Å². The van der Waals surface area contributed by atoms with E-state index in [1.54, 1.807) is 12.0 Å². The van der Waals surface area contributed by atoms with Gasteiger partial charge in [0.15, 0.2) is 0 Å². The summed E-state index contributed by atoms with van der Waals surface area (Å²) in [6.07, 6.45) is 1.97. The van der Waals surface area contributed by atoms with Gasteiger partial charge in [0.1, 0.15) is 0 Å². The summed E-state index contributed by atoms with van der Waals surface area (Å²) in [6.45, 7) is 3.63. The minimum Gasteiger partial charge on any atom is -0.383 e. The second-order valence-corrected chi connectivity index (χ2v) is 7.50. The third kappa shape index (κ3) is 3.01. The van der Waals surface area contributed by atoms with Crippen molar-refractivity contribution in [3.63, 3.8) is 0 Å². The lowest BCUT2D eigenvalue weighted by atomic mass is 9.83. The van der Waals surface area contributed by atoms with E-state index in [2.05, 4.69) is 18.2 Å². The summed E-state index contributed by atoms with van der Waals surface area (Å²) in [5.41, 5.74) is 2.32. The fraction of sp³-hybridized carbons (Fsp3) is 0.600. The van der Waals surface area contributed by atoms with Crippen LogP contribution in [0.3, 0.4) is 0 Å². The number of methoxy groups -OCH3 is 1. The lowest BCUT2D eigenvalue weighted by Gasteiger charge is -2.40. The second kappa shape index (κ2) is 7.00. The van der Waals surface area contributed by atoms with E-state index in [0.29, 0.717) is 45.8 Å². The molecule has 3 aliphatic heterocycles. The fourth-order valence-corrected chi connectivity index (χ4v) is 4.50. The van der Waals surface area contributed by atoms with Crippen molar-refractivity contribution in [2.24, 2.45) is 5.92 Å². The van der Waals surface area contributed by atoms with Gasteiger partial charge in [-0.1, -0.05) is 24.3 Å². The third-order valence-corrected chi connectivity index (χ3v) is 6.02. The summed E-state index contributed by atoms with van der Waals surface area (Å²) < 4.78 is 11.2. The van der Waals surface area contributed by atoms with Gasteiger partial charge in [0.25, 0.3) is 0 Å². The monoisotopic (exact) mass is 358 g/mol. The van der Waals surface area contributed by atoms with E-state index in [0.717, 1.165) is 12.8 Å². The first kappa shape index (κ1) is 17.5. The zero-order valence-corrected chi connectivity index (χ0v) is 15.3. The molecule has 6 heteroatoms. The Bertz CT molecular complexity index is 697. The molecular weight excluding hydrogens is 332 g/mol. The summed E-state index contributed by atoms with van der Waals surface area (Å²) >= 11 is 0. The molecule has 1 unspecified atom stereocenters. The minimum absolute atomic E-state index is 0.0573. The molecule has 1 atom stereocenters. The van der Waals surface area contributed by atoms with Gasteiger partial charge >= 0.3 is 0 Å². The average molecular weight is 358 g/mol. The van der Waals surface area contributed by atoms with Crippen molar-refractivity contribution in [1.82, 2.24) is 9.80 Å². The number of piperidine rings is 1. The second-order valence-electron chi connectivity index (χ2n) is 7.50. The standard InChI is InChI=1S/C20H26N2O4/c1-25-11-10-22-13-16(12-18(22)23)19(24)21-8-6-20(7-9-21)17-5-3-2-4-15(17)14-26-20/h2-5,16H,6-14H2,1H3. The van der Waals surface area contributed by atoms with Gasteiger partial charge in [-0.3, -0.25) is 9.59 Å². The van der Waals surface area contributed by atoms with Crippen molar-refractivity contribution < 1.29 is 19.1 Å². The number of nitrogens with zero attached hydrogens (tertiary/aromatic N) is 2. The molecule has 2 amide bonds. The zero-order valence-electron chi connectivity index (χ0n) is 15.3. The van der Waals surface area contributed by atoms with Crippen molar-refractivity contribution in [1.29, 1.82) is 0 Å². The Morgan fingerprint density at radius 3 is 2.85 bits per heavy atom. The van der Waals surface area contributed by atoms with Crippen LogP contribution in [0.25, 0.3) is 0 Å². The van der Waals surface area contributed by atoms with Crippen molar-refractivity contribution in [3.05, 3.63) is 35.4 Å². The zero-order chi connectivity index (χ0) is 18.1. The molecule has 0 N–H and O–H groups in total. The normalized spacial score (nSPS) is 24.3. The maximum atomic E-state index is 12.9. The number of ether oxygens (including phenoxy) is 2. The molecule has 0 aromatic heterocycles. The lowest BCUT2D eigenvalue weighted by molar-refractivity contribution is -0.142. The van der Waals surface area contributed by atoms with Gasteiger partial charge in [0, 0.05) is 39.7 Å². The maximum absolute atomic E-state index is 12.9. The van der Waals surface area contributed by atoms with Crippen LogP contribution in [0.15, 0.2) is 24.3 Å². The fourth-order valence-electron chi connectivity index (χ4n) is 4.50. The molecule has 0 aliphatic carbocycles. The quantitative estimate of drug-likeness (QED) is 0.819. The van der Waals surface area contributed by atoms with Crippen LogP contribution >= 0.6 is 0 Å². The first-order chi connectivity index (χ1) is 12.6. The number of amides is 2. The molecule has 3 aliphatic rings. The van der Waals surface area contributed by atoms with Crippen LogP contribution in [0.4, 0.5) is 0 Å². The highest BCUT2D eigenvalue weighted by Gasteiger charge is 2.44. The summed E-state index contributed by atoms with van der Waals surface area (Å²) in [4.78, 5) is 28.7. The van der Waals surface area contributed by atoms with Crippen LogP contribution in [0.1, 0.15) is 30.4 Å². The van der Waals surface area contributed by atoms with Gasteiger partial charge in [0.05, 0.1) is 24.7 Å². The lowest BCUT2D eigenvalue weighted by Crippen LogP contribution is -2.47.